The number of nitrogens with one attached hydrogen (secondary N) is 2. The van der Waals surface area contributed by atoms with Gasteiger partial charge in [-0.15, -0.1) is 0 Å². The predicted molar refractivity (Wildman–Crippen MR) is 78.9 cm³/mol. The average molecular weight is 280 g/mol. The Bertz CT molecular complexity index is 421. The van der Waals surface area contributed by atoms with Crippen LogP contribution in [0.15, 0.2) is 24.3 Å². The monoisotopic (exact) mass is 280 g/mol. The Kier molecular flexibility index (Phi) is 6.87. The molecular formula is C15H24N2O3. The quantitative estimate of drug-likeness (QED) is 0.671. The highest BCUT2D eigenvalue weighted by Crippen LogP contribution is 2.19. The summed E-state index contributed by atoms with van der Waals surface area (Å²) >= 11 is 0. The van der Waals surface area contributed by atoms with Crippen LogP contribution < -0.4 is 15.4 Å². The maximum atomic E-state index is 11.6. The van der Waals surface area contributed by atoms with Crippen molar-refractivity contribution in [3.8, 4) is 5.75 Å². The SMILES string of the molecule is CC(C)Oc1cccc(C(C)NC(=O)NCCCO)c1. The summed E-state index contributed by atoms with van der Waals surface area (Å²) < 4.78 is 5.63. The largest absolute Gasteiger partial charge is 0.491 e. The summed E-state index contributed by atoms with van der Waals surface area (Å²) in [5.74, 6) is 0.798. The van der Waals surface area contributed by atoms with Crippen molar-refractivity contribution in [2.45, 2.75) is 39.3 Å². The summed E-state index contributed by atoms with van der Waals surface area (Å²) in [4.78, 5) is 11.6. The molecule has 0 bridgehead atoms. The highest BCUT2D eigenvalue weighted by atomic mass is 16.5. The number of rotatable bonds is 7. The van der Waals surface area contributed by atoms with Crippen LogP contribution in [0.2, 0.25) is 0 Å². The molecule has 0 saturated carbocycles. The number of aliphatic hydroxyl groups excluding tert-OH is 1. The van der Waals surface area contributed by atoms with Gasteiger partial charge in [-0.2, -0.15) is 0 Å². The molecule has 0 spiro atoms. The van der Waals surface area contributed by atoms with E-state index in [0.717, 1.165) is 11.3 Å². The van der Waals surface area contributed by atoms with Crippen molar-refractivity contribution in [2.75, 3.05) is 13.2 Å². The van der Waals surface area contributed by atoms with Crippen LogP contribution in [0.4, 0.5) is 4.79 Å². The minimum atomic E-state index is -0.235. The zero-order valence-corrected chi connectivity index (χ0v) is 12.3. The molecule has 0 aliphatic carbocycles. The molecule has 0 fully saturated rings. The lowest BCUT2D eigenvalue weighted by molar-refractivity contribution is 0.234. The fourth-order valence-corrected chi connectivity index (χ4v) is 1.74. The molecule has 20 heavy (non-hydrogen) atoms. The van der Waals surface area contributed by atoms with Crippen LogP contribution in [0.3, 0.4) is 0 Å². The van der Waals surface area contributed by atoms with E-state index in [0.29, 0.717) is 13.0 Å². The van der Waals surface area contributed by atoms with E-state index in [9.17, 15) is 4.79 Å². The van der Waals surface area contributed by atoms with E-state index in [1.54, 1.807) is 0 Å². The second-order valence-electron chi connectivity index (χ2n) is 4.94. The van der Waals surface area contributed by atoms with Gasteiger partial charge in [-0.1, -0.05) is 12.1 Å². The summed E-state index contributed by atoms with van der Waals surface area (Å²) in [5, 5.41) is 14.2. The molecule has 112 valence electrons. The summed E-state index contributed by atoms with van der Waals surface area (Å²) in [6, 6.07) is 7.35. The number of carbonyl (C=O) groups excluding carboxylic acids is 1. The first-order valence-corrected chi connectivity index (χ1v) is 6.94. The fraction of sp³-hybridized carbons (Fsp3) is 0.533. The van der Waals surface area contributed by atoms with Crippen molar-refractivity contribution >= 4 is 6.03 Å². The Labute approximate surface area is 120 Å². The van der Waals surface area contributed by atoms with E-state index in [1.807, 2.05) is 45.0 Å². The molecule has 1 rings (SSSR count). The van der Waals surface area contributed by atoms with E-state index in [4.69, 9.17) is 9.84 Å². The first-order valence-electron chi connectivity index (χ1n) is 6.94. The second kappa shape index (κ2) is 8.43. The van der Waals surface area contributed by atoms with Crippen LogP contribution in [0.1, 0.15) is 38.8 Å². The molecule has 1 aromatic rings. The van der Waals surface area contributed by atoms with Gasteiger partial charge in [0.05, 0.1) is 12.1 Å². The Hall–Kier alpha value is -1.75. The standard InChI is InChI=1S/C15H24N2O3/c1-11(2)20-14-7-4-6-13(10-14)12(3)17-15(19)16-8-5-9-18/h4,6-7,10-12,18H,5,8-9H2,1-3H3,(H2,16,17,19). The lowest BCUT2D eigenvalue weighted by Crippen LogP contribution is -2.37. The molecule has 3 N–H and O–H groups in total. The van der Waals surface area contributed by atoms with Crippen LogP contribution in [-0.4, -0.2) is 30.4 Å². The van der Waals surface area contributed by atoms with Crippen molar-refractivity contribution < 1.29 is 14.6 Å². The van der Waals surface area contributed by atoms with Crippen LogP contribution in [0.5, 0.6) is 5.75 Å². The van der Waals surface area contributed by atoms with Crippen LogP contribution in [-0.2, 0) is 0 Å². The maximum Gasteiger partial charge on any atom is 0.315 e. The third kappa shape index (κ3) is 5.93. The number of carbonyl (C=O) groups is 1. The Morgan fingerprint density at radius 3 is 2.75 bits per heavy atom. The first kappa shape index (κ1) is 16.3. The summed E-state index contributed by atoms with van der Waals surface area (Å²) in [5.41, 5.74) is 0.987. The molecule has 5 heteroatoms. The van der Waals surface area contributed by atoms with Crippen LogP contribution in [0.25, 0.3) is 0 Å². The summed E-state index contributed by atoms with van der Waals surface area (Å²) in [6.45, 7) is 6.40. The third-order valence-electron chi connectivity index (χ3n) is 2.70. The van der Waals surface area contributed by atoms with Gasteiger partial charge in [0, 0.05) is 13.2 Å². The highest BCUT2D eigenvalue weighted by molar-refractivity contribution is 5.74. The number of ether oxygens (including phenoxy) is 1. The van der Waals surface area contributed by atoms with Crippen molar-refractivity contribution in [1.82, 2.24) is 10.6 Å². The van der Waals surface area contributed by atoms with Gasteiger partial charge in [-0.25, -0.2) is 4.79 Å². The van der Waals surface area contributed by atoms with Crippen LogP contribution >= 0.6 is 0 Å². The number of urea groups is 1. The molecule has 0 aliphatic heterocycles. The van der Waals surface area contributed by atoms with Crippen molar-refractivity contribution in [3.63, 3.8) is 0 Å². The molecule has 0 aromatic heterocycles. The van der Waals surface area contributed by atoms with Gasteiger partial charge in [0.15, 0.2) is 0 Å². The molecule has 5 nitrogen and oxygen atoms in total. The van der Waals surface area contributed by atoms with Gasteiger partial charge in [0.2, 0.25) is 0 Å². The maximum absolute atomic E-state index is 11.6. The van der Waals surface area contributed by atoms with E-state index >= 15 is 0 Å². The van der Waals surface area contributed by atoms with E-state index < -0.39 is 0 Å². The van der Waals surface area contributed by atoms with Gasteiger partial charge < -0.3 is 20.5 Å². The number of aliphatic hydroxyl groups is 1. The van der Waals surface area contributed by atoms with Gasteiger partial charge in [0.1, 0.15) is 5.75 Å². The predicted octanol–water partition coefficient (Wildman–Crippen LogP) is 2.22. The molecule has 0 heterocycles. The molecule has 0 aliphatic rings. The lowest BCUT2D eigenvalue weighted by Gasteiger charge is -2.17. The zero-order valence-electron chi connectivity index (χ0n) is 12.3. The van der Waals surface area contributed by atoms with Crippen molar-refractivity contribution in [2.24, 2.45) is 0 Å². The highest BCUT2D eigenvalue weighted by Gasteiger charge is 2.10. The average Bonchev–Trinajstić information content (AvgIpc) is 2.38. The number of hydrogen-bond acceptors (Lipinski definition) is 3. The van der Waals surface area contributed by atoms with Crippen molar-refractivity contribution in [1.29, 1.82) is 0 Å². The smallest absolute Gasteiger partial charge is 0.315 e. The van der Waals surface area contributed by atoms with E-state index in [2.05, 4.69) is 10.6 Å². The summed E-state index contributed by atoms with van der Waals surface area (Å²) in [7, 11) is 0. The molecule has 0 radical (unpaired) electrons. The zero-order chi connectivity index (χ0) is 15.0. The number of benzene rings is 1. The Balaban J connectivity index is 2.54. The van der Waals surface area contributed by atoms with E-state index in [1.165, 1.54) is 0 Å². The van der Waals surface area contributed by atoms with Gasteiger partial charge in [-0.3, -0.25) is 0 Å². The van der Waals surface area contributed by atoms with Gasteiger partial charge in [-0.05, 0) is 44.9 Å². The lowest BCUT2D eigenvalue weighted by atomic mass is 10.1. The number of hydrogen-bond donors (Lipinski definition) is 3. The topological polar surface area (TPSA) is 70.6 Å². The molecule has 1 aromatic carbocycles. The molecule has 1 atom stereocenters. The second-order valence-corrected chi connectivity index (χ2v) is 4.94. The van der Waals surface area contributed by atoms with E-state index in [-0.39, 0.29) is 24.8 Å². The van der Waals surface area contributed by atoms with Crippen LogP contribution in [0, 0.1) is 0 Å². The fourth-order valence-electron chi connectivity index (χ4n) is 1.74. The molecule has 2 amide bonds. The Morgan fingerprint density at radius 1 is 1.35 bits per heavy atom. The minimum absolute atomic E-state index is 0.0738. The molecule has 1 unspecified atom stereocenters. The summed E-state index contributed by atoms with van der Waals surface area (Å²) in [6.07, 6.45) is 0.676. The van der Waals surface area contributed by atoms with Gasteiger partial charge in [0.25, 0.3) is 0 Å². The van der Waals surface area contributed by atoms with Crippen molar-refractivity contribution in [3.05, 3.63) is 29.8 Å². The molecule has 0 saturated heterocycles. The number of amides is 2. The van der Waals surface area contributed by atoms with Gasteiger partial charge >= 0.3 is 6.03 Å². The minimum Gasteiger partial charge on any atom is -0.491 e. The normalized spacial score (nSPS) is 12.1. The third-order valence-corrected chi connectivity index (χ3v) is 2.70. The first-order chi connectivity index (χ1) is 9.52. The molecular weight excluding hydrogens is 256 g/mol. The Morgan fingerprint density at radius 2 is 2.10 bits per heavy atom.